The predicted octanol–water partition coefficient (Wildman–Crippen LogP) is 3.96. The molecule has 1 aliphatic heterocycles. The molecule has 1 unspecified atom stereocenters. The number of likely N-dealkylation sites (tertiary alicyclic amines) is 1. The highest BCUT2D eigenvalue weighted by Gasteiger charge is 2.27. The zero-order valence-electron chi connectivity index (χ0n) is 10.9. The van der Waals surface area contributed by atoms with E-state index in [0.29, 0.717) is 5.13 Å². The summed E-state index contributed by atoms with van der Waals surface area (Å²) in [5.41, 5.74) is 6.71. The molecule has 0 aliphatic carbocycles. The van der Waals surface area contributed by atoms with E-state index >= 15 is 0 Å². The fourth-order valence-electron chi connectivity index (χ4n) is 2.76. The van der Waals surface area contributed by atoms with Crippen molar-refractivity contribution in [3.63, 3.8) is 0 Å². The van der Waals surface area contributed by atoms with Gasteiger partial charge in [0.15, 0.2) is 5.13 Å². The van der Waals surface area contributed by atoms with Crippen LogP contribution in [-0.2, 0) is 6.54 Å². The first-order valence-corrected chi connectivity index (χ1v) is 8.13. The second-order valence-electron chi connectivity index (χ2n) is 5.00. The first kappa shape index (κ1) is 14.0. The molecule has 0 radical (unpaired) electrons. The number of rotatable bonds is 3. The molecule has 1 aromatic carbocycles. The van der Waals surface area contributed by atoms with E-state index in [4.69, 9.17) is 5.73 Å². The number of aromatic nitrogens is 1. The molecule has 1 saturated heterocycles. The van der Waals surface area contributed by atoms with E-state index in [-0.39, 0.29) is 11.9 Å². The summed E-state index contributed by atoms with van der Waals surface area (Å²) in [4.78, 5) is 7.61. The molecule has 2 aromatic rings. The molecule has 1 atom stereocenters. The van der Waals surface area contributed by atoms with Crippen LogP contribution in [0.1, 0.15) is 29.3 Å². The number of hydrogen-bond acceptors (Lipinski definition) is 4. The van der Waals surface area contributed by atoms with Crippen molar-refractivity contribution in [3.8, 4) is 0 Å². The first-order valence-electron chi connectivity index (χ1n) is 6.52. The predicted molar refractivity (Wildman–Crippen MR) is 83.0 cm³/mol. The minimum absolute atomic E-state index is 0.191. The summed E-state index contributed by atoms with van der Waals surface area (Å²) >= 11 is 4.89. The molecule has 2 N–H and O–H groups in total. The molecule has 1 aliphatic rings. The van der Waals surface area contributed by atoms with Crippen molar-refractivity contribution in [1.29, 1.82) is 0 Å². The Kier molecular flexibility index (Phi) is 4.05. The summed E-state index contributed by atoms with van der Waals surface area (Å²) in [6.45, 7) is 1.85. The third kappa shape index (κ3) is 3.02. The number of hydrogen-bond donors (Lipinski definition) is 1. The number of thiazole rings is 1. The van der Waals surface area contributed by atoms with Crippen LogP contribution >= 0.6 is 27.3 Å². The Hall–Kier alpha value is -0.980. The second kappa shape index (κ2) is 5.79. The number of nitrogen functional groups attached to an aromatic ring is 1. The zero-order valence-corrected chi connectivity index (χ0v) is 13.3. The Bertz CT molecular complexity index is 596. The van der Waals surface area contributed by atoms with Crippen molar-refractivity contribution >= 4 is 32.4 Å². The molecule has 0 amide bonds. The van der Waals surface area contributed by atoms with E-state index in [1.54, 1.807) is 6.07 Å². The average molecular weight is 356 g/mol. The molecule has 6 heteroatoms. The van der Waals surface area contributed by atoms with Crippen molar-refractivity contribution in [2.45, 2.75) is 25.4 Å². The lowest BCUT2D eigenvalue weighted by Crippen LogP contribution is -2.22. The van der Waals surface area contributed by atoms with Gasteiger partial charge in [0, 0.05) is 28.1 Å². The van der Waals surface area contributed by atoms with Crippen LogP contribution in [0.2, 0.25) is 0 Å². The van der Waals surface area contributed by atoms with Crippen LogP contribution in [0.5, 0.6) is 0 Å². The van der Waals surface area contributed by atoms with E-state index in [9.17, 15) is 4.39 Å². The standard InChI is InChI=1S/C14H15BrFN3S/c15-10-4-9(5-11(16)6-10)13-2-1-3-19(13)8-12-7-18-14(17)20-12/h4-7,13H,1-3,8H2,(H2,17,18). The molecule has 106 valence electrons. The topological polar surface area (TPSA) is 42.1 Å². The molecule has 2 heterocycles. The lowest BCUT2D eigenvalue weighted by molar-refractivity contribution is 0.250. The van der Waals surface area contributed by atoms with Crippen molar-refractivity contribution in [1.82, 2.24) is 9.88 Å². The van der Waals surface area contributed by atoms with Gasteiger partial charge in [-0.05, 0) is 43.1 Å². The molecular weight excluding hydrogens is 341 g/mol. The molecule has 3 nitrogen and oxygen atoms in total. The van der Waals surface area contributed by atoms with Gasteiger partial charge < -0.3 is 5.73 Å². The Balaban J connectivity index is 1.81. The molecule has 1 aromatic heterocycles. The number of anilines is 1. The van der Waals surface area contributed by atoms with Gasteiger partial charge in [-0.3, -0.25) is 4.90 Å². The molecule has 0 spiro atoms. The van der Waals surface area contributed by atoms with Crippen molar-refractivity contribution in [2.24, 2.45) is 0 Å². The summed E-state index contributed by atoms with van der Waals surface area (Å²) in [6, 6.07) is 5.40. The van der Waals surface area contributed by atoms with E-state index in [2.05, 4.69) is 25.8 Å². The maximum Gasteiger partial charge on any atom is 0.180 e. The zero-order chi connectivity index (χ0) is 14.1. The largest absolute Gasteiger partial charge is 0.375 e. The van der Waals surface area contributed by atoms with Gasteiger partial charge >= 0.3 is 0 Å². The van der Waals surface area contributed by atoms with Gasteiger partial charge in [-0.1, -0.05) is 15.9 Å². The van der Waals surface area contributed by atoms with Gasteiger partial charge in [0.2, 0.25) is 0 Å². The van der Waals surface area contributed by atoms with Crippen LogP contribution in [0.15, 0.2) is 28.9 Å². The quantitative estimate of drug-likeness (QED) is 0.905. The SMILES string of the molecule is Nc1ncc(CN2CCCC2c2cc(F)cc(Br)c2)s1. The van der Waals surface area contributed by atoms with Crippen LogP contribution in [-0.4, -0.2) is 16.4 Å². The van der Waals surface area contributed by atoms with Crippen molar-refractivity contribution < 1.29 is 4.39 Å². The Labute approximate surface area is 129 Å². The molecule has 0 saturated carbocycles. The molecular formula is C14H15BrFN3S. The van der Waals surface area contributed by atoms with Gasteiger partial charge in [0.25, 0.3) is 0 Å². The van der Waals surface area contributed by atoms with Crippen LogP contribution in [0.25, 0.3) is 0 Å². The van der Waals surface area contributed by atoms with Gasteiger partial charge in [0.1, 0.15) is 5.82 Å². The van der Waals surface area contributed by atoms with Crippen LogP contribution in [0.3, 0.4) is 0 Å². The third-order valence-corrected chi connectivity index (χ3v) is 4.83. The molecule has 20 heavy (non-hydrogen) atoms. The van der Waals surface area contributed by atoms with Crippen LogP contribution in [0, 0.1) is 5.82 Å². The lowest BCUT2D eigenvalue weighted by Gasteiger charge is -2.24. The van der Waals surface area contributed by atoms with Gasteiger partial charge in [0.05, 0.1) is 0 Å². The maximum absolute atomic E-state index is 13.6. The molecule has 0 bridgehead atoms. The summed E-state index contributed by atoms with van der Waals surface area (Å²) in [5, 5.41) is 0.601. The Morgan fingerprint density at radius 1 is 1.45 bits per heavy atom. The summed E-state index contributed by atoms with van der Waals surface area (Å²) in [5.74, 6) is -0.191. The van der Waals surface area contributed by atoms with E-state index < -0.39 is 0 Å². The highest BCUT2D eigenvalue weighted by atomic mass is 79.9. The van der Waals surface area contributed by atoms with Crippen LogP contribution in [0.4, 0.5) is 9.52 Å². The summed E-state index contributed by atoms with van der Waals surface area (Å²) in [7, 11) is 0. The monoisotopic (exact) mass is 355 g/mol. The van der Waals surface area contributed by atoms with Crippen molar-refractivity contribution in [2.75, 3.05) is 12.3 Å². The number of halogens is 2. The first-order chi connectivity index (χ1) is 9.61. The fraction of sp³-hybridized carbons (Fsp3) is 0.357. The highest BCUT2D eigenvalue weighted by molar-refractivity contribution is 9.10. The van der Waals surface area contributed by atoms with E-state index in [0.717, 1.165) is 40.8 Å². The van der Waals surface area contributed by atoms with E-state index in [1.807, 2.05) is 12.3 Å². The number of nitrogens with two attached hydrogens (primary N) is 1. The molecule has 1 fully saturated rings. The number of benzene rings is 1. The maximum atomic E-state index is 13.6. The number of nitrogens with zero attached hydrogens (tertiary/aromatic N) is 2. The van der Waals surface area contributed by atoms with Gasteiger partial charge in [-0.15, -0.1) is 11.3 Å². The minimum atomic E-state index is -0.191. The second-order valence-corrected chi connectivity index (χ2v) is 7.06. The minimum Gasteiger partial charge on any atom is -0.375 e. The fourth-order valence-corrected chi connectivity index (χ4v) is 3.95. The van der Waals surface area contributed by atoms with Crippen molar-refractivity contribution in [3.05, 3.63) is 45.1 Å². The van der Waals surface area contributed by atoms with E-state index in [1.165, 1.54) is 17.4 Å². The van der Waals surface area contributed by atoms with Gasteiger partial charge in [-0.2, -0.15) is 0 Å². The van der Waals surface area contributed by atoms with Crippen LogP contribution < -0.4 is 5.73 Å². The third-order valence-electron chi connectivity index (χ3n) is 3.56. The summed E-state index contributed by atoms with van der Waals surface area (Å²) < 4.78 is 14.4. The lowest BCUT2D eigenvalue weighted by atomic mass is 10.0. The smallest absolute Gasteiger partial charge is 0.180 e. The van der Waals surface area contributed by atoms with Gasteiger partial charge in [-0.25, -0.2) is 9.37 Å². The normalized spacial score (nSPS) is 19.6. The Morgan fingerprint density at radius 3 is 3.00 bits per heavy atom. The summed E-state index contributed by atoms with van der Waals surface area (Å²) in [6.07, 6.45) is 4.02. The molecule has 3 rings (SSSR count). The highest BCUT2D eigenvalue weighted by Crippen LogP contribution is 2.35. The average Bonchev–Trinajstić information content (AvgIpc) is 2.98. The Morgan fingerprint density at radius 2 is 2.30 bits per heavy atom.